The molecule has 0 aromatic heterocycles. The summed E-state index contributed by atoms with van der Waals surface area (Å²) < 4.78 is 11.1. The quantitative estimate of drug-likeness (QED) is 0.0215. The first kappa shape index (κ1) is 67.6. The minimum Gasteiger partial charge on any atom is -0.394 e. The number of aliphatic hydroxyl groups excluding tert-OH is 7. The van der Waals surface area contributed by atoms with E-state index in [4.69, 9.17) is 9.47 Å². The number of ether oxygens (including phenoxy) is 2. The molecule has 11 nitrogen and oxygen atoms in total. The van der Waals surface area contributed by atoms with Crippen LogP contribution in [0, 0.1) is 0 Å². The fourth-order valence-electron chi connectivity index (χ4n) is 9.81. The third-order valence-corrected chi connectivity index (χ3v) is 14.7. The van der Waals surface area contributed by atoms with Gasteiger partial charge in [-0.3, -0.25) is 4.79 Å². The molecule has 9 unspecified atom stereocenters. The standard InChI is InChI=1S/C60H115NO10/c1-3-5-7-9-11-13-15-17-19-21-22-23-24-25-26-27-28-29-30-31-32-34-35-37-39-41-43-45-47-52(63)55(65)51(50-70-60-58(68)57(67)56(66)54(49-62)71-60)61-59(69)53(64)48-46-44-42-40-38-36-33-20-18-16-14-12-10-8-6-4-2/h32,34,39,41,51-58,60,62-68H,3-31,33,35-38,40,42-50H2,1-2H3,(H,61,69)/b34-32+,41-39+. The molecule has 0 bridgehead atoms. The van der Waals surface area contributed by atoms with Crippen LogP contribution in [0.25, 0.3) is 0 Å². The summed E-state index contributed by atoms with van der Waals surface area (Å²) in [5, 5.41) is 76.1. The van der Waals surface area contributed by atoms with Crippen LogP contribution in [0.1, 0.15) is 284 Å². The van der Waals surface area contributed by atoms with Crippen molar-refractivity contribution in [1.82, 2.24) is 5.32 Å². The third-order valence-electron chi connectivity index (χ3n) is 14.7. The Kier molecular flexibility index (Phi) is 47.1. The Morgan fingerprint density at radius 3 is 1.25 bits per heavy atom. The predicted molar refractivity (Wildman–Crippen MR) is 293 cm³/mol. The van der Waals surface area contributed by atoms with Crippen molar-refractivity contribution < 1.29 is 50.0 Å². The number of allylic oxidation sites excluding steroid dienone is 4. The number of rotatable bonds is 52. The lowest BCUT2D eigenvalue weighted by molar-refractivity contribution is -0.303. The van der Waals surface area contributed by atoms with Gasteiger partial charge in [0.1, 0.15) is 36.6 Å². The number of carbonyl (C=O) groups is 1. The first-order valence-electron chi connectivity index (χ1n) is 30.2. The minimum atomic E-state index is -1.67. The second-order valence-corrected chi connectivity index (χ2v) is 21.4. The van der Waals surface area contributed by atoms with Gasteiger partial charge in [0.2, 0.25) is 5.91 Å². The molecule has 0 saturated carbocycles. The van der Waals surface area contributed by atoms with Crippen molar-refractivity contribution in [2.45, 2.75) is 339 Å². The van der Waals surface area contributed by atoms with E-state index in [1.54, 1.807) is 0 Å². The van der Waals surface area contributed by atoms with Gasteiger partial charge in [-0.25, -0.2) is 0 Å². The highest BCUT2D eigenvalue weighted by atomic mass is 16.7. The van der Waals surface area contributed by atoms with Crippen molar-refractivity contribution in [2.75, 3.05) is 13.2 Å². The van der Waals surface area contributed by atoms with Crippen LogP contribution in [-0.4, -0.2) is 110 Å². The number of hydrogen-bond donors (Lipinski definition) is 8. The van der Waals surface area contributed by atoms with Crippen LogP contribution in [0.2, 0.25) is 0 Å². The van der Waals surface area contributed by atoms with E-state index in [1.807, 2.05) is 0 Å². The zero-order valence-corrected chi connectivity index (χ0v) is 46.0. The molecule has 0 radical (unpaired) electrons. The summed E-state index contributed by atoms with van der Waals surface area (Å²) in [6, 6.07) is -1.19. The monoisotopic (exact) mass is 1010 g/mol. The van der Waals surface area contributed by atoms with E-state index in [0.717, 1.165) is 38.5 Å². The van der Waals surface area contributed by atoms with Crippen molar-refractivity contribution in [3.63, 3.8) is 0 Å². The molecule has 420 valence electrons. The second-order valence-electron chi connectivity index (χ2n) is 21.4. The molecular formula is C60H115NO10. The van der Waals surface area contributed by atoms with Crippen molar-refractivity contribution in [3.8, 4) is 0 Å². The van der Waals surface area contributed by atoms with Gasteiger partial charge in [-0.15, -0.1) is 0 Å². The molecule has 0 aromatic carbocycles. The van der Waals surface area contributed by atoms with Crippen molar-refractivity contribution in [2.24, 2.45) is 0 Å². The maximum Gasteiger partial charge on any atom is 0.249 e. The highest BCUT2D eigenvalue weighted by Crippen LogP contribution is 2.23. The van der Waals surface area contributed by atoms with Crippen molar-refractivity contribution in [3.05, 3.63) is 24.3 Å². The van der Waals surface area contributed by atoms with E-state index in [2.05, 4.69) is 43.5 Å². The van der Waals surface area contributed by atoms with Crippen LogP contribution in [0.3, 0.4) is 0 Å². The maximum absolute atomic E-state index is 13.2. The molecule has 11 heteroatoms. The highest BCUT2D eigenvalue weighted by molar-refractivity contribution is 5.80. The van der Waals surface area contributed by atoms with Gasteiger partial charge < -0.3 is 50.5 Å². The largest absolute Gasteiger partial charge is 0.394 e. The number of carbonyl (C=O) groups excluding carboxylic acids is 1. The van der Waals surface area contributed by atoms with E-state index in [0.29, 0.717) is 19.3 Å². The topological polar surface area (TPSA) is 189 Å². The third kappa shape index (κ3) is 37.9. The molecule has 9 atom stereocenters. The Hall–Kier alpha value is -1.41. The van der Waals surface area contributed by atoms with Crippen LogP contribution >= 0.6 is 0 Å². The van der Waals surface area contributed by atoms with Crippen molar-refractivity contribution in [1.29, 1.82) is 0 Å². The molecule has 1 saturated heterocycles. The lowest BCUT2D eigenvalue weighted by Gasteiger charge is -2.40. The Bertz CT molecular complexity index is 1200. The molecule has 1 rings (SSSR count). The van der Waals surface area contributed by atoms with Gasteiger partial charge in [-0.2, -0.15) is 0 Å². The van der Waals surface area contributed by atoms with Crippen LogP contribution in [0.5, 0.6) is 0 Å². The number of unbranched alkanes of at least 4 members (excludes halogenated alkanes) is 36. The summed E-state index contributed by atoms with van der Waals surface area (Å²) in [4.78, 5) is 13.2. The van der Waals surface area contributed by atoms with Gasteiger partial charge in [-0.05, 0) is 51.4 Å². The van der Waals surface area contributed by atoms with Gasteiger partial charge >= 0.3 is 0 Å². The molecule has 1 aliphatic heterocycles. The van der Waals surface area contributed by atoms with Gasteiger partial charge in [0.05, 0.1) is 25.4 Å². The smallest absolute Gasteiger partial charge is 0.249 e. The summed E-state index contributed by atoms with van der Waals surface area (Å²) in [5.74, 6) is -0.706. The molecule has 1 heterocycles. The van der Waals surface area contributed by atoms with E-state index >= 15 is 0 Å². The van der Waals surface area contributed by atoms with Gasteiger partial charge in [-0.1, -0.05) is 256 Å². The first-order valence-corrected chi connectivity index (χ1v) is 30.2. The predicted octanol–water partition coefficient (Wildman–Crippen LogP) is 12.9. The summed E-state index contributed by atoms with van der Waals surface area (Å²) in [6.45, 7) is 3.47. The van der Waals surface area contributed by atoms with E-state index in [-0.39, 0.29) is 12.8 Å². The summed E-state index contributed by atoms with van der Waals surface area (Å²) in [7, 11) is 0. The fraction of sp³-hybridized carbons (Fsp3) is 0.917. The number of aliphatic hydroxyl groups is 7. The Balaban J connectivity index is 2.29. The van der Waals surface area contributed by atoms with Crippen LogP contribution in [-0.2, 0) is 14.3 Å². The molecule has 71 heavy (non-hydrogen) atoms. The van der Waals surface area contributed by atoms with E-state index in [9.17, 15) is 40.5 Å². The lowest BCUT2D eigenvalue weighted by atomic mass is 9.98. The lowest BCUT2D eigenvalue weighted by Crippen LogP contribution is -2.60. The average Bonchev–Trinajstić information content (AvgIpc) is 3.37. The molecule has 0 aromatic rings. The van der Waals surface area contributed by atoms with Crippen LogP contribution in [0.15, 0.2) is 24.3 Å². The number of hydrogen-bond acceptors (Lipinski definition) is 10. The summed E-state index contributed by atoms with van der Waals surface area (Å²) in [5.41, 5.74) is 0. The Morgan fingerprint density at radius 2 is 0.845 bits per heavy atom. The molecule has 8 N–H and O–H groups in total. The Labute approximate surface area is 435 Å². The minimum absolute atomic E-state index is 0.249. The highest BCUT2D eigenvalue weighted by Gasteiger charge is 2.44. The van der Waals surface area contributed by atoms with Crippen LogP contribution < -0.4 is 5.32 Å². The number of amides is 1. The molecule has 0 aliphatic carbocycles. The van der Waals surface area contributed by atoms with Crippen molar-refractivity contribution >= 4 is 5.91 Å². The fourth-order valence-corrected chi connectivity index (χ4v) is 9.81. The molecular weight excluding hydrogens is 895 g/mol. The van der Waals surface area contributed by atoms with E-state index < -0.39 is 74.2 Å². The summed E-state index contributed by atoms with van der Waals surface area (Å²) in [6.07, 6.45) is 48.2. The second kappa shape index (κ2) is 49.5. The Morgan fingerprint density at radius 1 is 0.479 bits per heavy atom. The SMILES string of the molecule is CCCCCCCCCCCCCCCCCCCCC/C=C/CC/C=C/CCCC(O)C(O)C(COC1OC(CO)C(O)C(O)C1O)NC(=O)C(O)CCCCCCCCCCCCCCCCCC. The molecule has 0 spiro atoms. The average molecular weight is 1010 g/mol. The zero-order valence-electron chi connectivity index (χ0n) is 46.0. The van der Waals surface area contributed by atoms with Gasteiger partial charge in [0.15, 0.2) is 6.29 Å². The van der Waals surface area contributed by atoms with Crippen LogP contribution in [0.4, 0.5) is 0 Å². The molecule has 1 amide bonds. The molecule has 1 aliphatic rings. The normalized spacial score (nSPS) is 20.3. The summed E-state index contributed by atoms with van der Waals surface area (Å²) >= 11 is 0. The maximum atomic E-state index is 13.2. The van der Waals surface area contributed by atoms with Gasteiger partial charge in [0.25, 0.3) is 0 Å². The zero-order chi connectivity index (χ0) is 51.8. The number of nitrogens with one attached hydrogen (secondary N) is 1. The first-order chi connectivity index (χ1) is 34.7. The molecule has 1 fully saturated rings. The van der Waals surface area contributed by atoms with Gasteiger partial charge in [0, 0.05) is 0 Å². The van der Waals surface area contributed by atoms with E-state index in [1.165, 1.54) is 199 Å².